The van der Waals surface area contributed by atoms with Gasteiger partial charge in [-0.25, -0.2) is 8.42 Å². The summed E-state index contributed by atoms with van der Waals surface area (Å²) in [5, 5.41) is 0. The molecule has 14 heavy (non-hydrogen) atoms. The summed E-state index contributed by atoms with van der Waals surface area (Å²) in [5.41, 5.74) is 1.44. The van der Waals surface area contributed by atoms with Crippen LogP contribution in [0.1, 0.15) is 25.5 Å². The fourth-order valence-electron chi connectivity index (χ4n) is 1.04. The lowest BCUT2D eigenvalue weighted by atomic mass is 10.1. The van der Waals surface area contributed by atoms with Crippen molar-refractivity contribution in [2.45, 2.75) is 19.8 Å². The van der Waals surface area contributed by atoms with Gasteiger partial charge in [-0.3, -0.25) is 9.71 Å². The first-order chi connectivity index (χ1) is 6.38. The van der Waals surface area contributed by atoms with Crippen LogP contribution in [0.15, 0.2) is 18.3 Å². The number of pyridine rings is 1. The predicted molar refractivity (Wildman–Crippen MR) is 56.8 cm³/mol. The van der Waals surface area contributed by atoms with Crippen molar-refractivity contribution in [3.63, 3.8) is 0 Å². The van der Waals surface area contributed by atoms with E-state index in [-0.39, 0.29) is 5.92 Å². The third kappa shape index (κ3) is 3.33. The van der Waals surface area contributed by atoms with Gasteiger partial charge < -0.3 is 0 Å². The Morgan fingerprint density at radius 1 is 1.43 bits per heavy atom. The van der Waals surface area contributed by atoms with Gasteiger partial charge in [0.25, 0.3) is 0 Å². The summed E-state index contributed by atoms with van der Waals surface area (Å²) in [5.74, 6) is 0.288. The van der Waals surface area contributed by atoms with Gasteiger partial charge in [0.05, 0.1) is 11.9 Å². The third-order valence-electron chi connectivity index (χ3n) is 1.68. The molecule has 0 unspecified atom stereocenters. The lowest BCUT2D eigenvalue weighted by molar-refractivity contribution is 0.607. The highest BCUT2D eigenvalue weighted by molar-refractivity contribution is 7.92. The molecule has 5 heteroatoms. The average Bonchev–Trinajstić information content (AvgIpc) is 2.01. The molecule has 0 amide bonds. The van der Waals surface area contributed by atoms with E-state index in [2.05, 4.69) is 9.71 Å². The quantitative estimate of drug-likeness (QED) is 0.831. The summed E-state index contributed by atoms with van der Waals surface area (Å²) in [6.07, 6.45) is 2.73. The molecule has 78 valence electrons. The molecule has 1 N–H and O–H groups in total. The van der Waals surface area contributed by atoms with Gasteiger partial charge in [-0.05, 0) is 18.1 Å². The minimum absolute atomic E-state index is 0.288. The second-order valence-corrected chi connectivity index (χ2v) is 5.25. The highest BCUT2D eigenvalue weighted by Crippen LogP contribution is 2.16. The molecular formula is C9H14N2O2S. The first-order valence-corrected chi connectivity index (χ1v) is 6.21. The molecule has 0 spiro atoms. The molecule has 0 atom stereocenters. The Bertz CT molecular complexity index is 413. The van der Waals surface area contributed by atoms with E-state index in [1.54, 1.807) is 18.3 Å². The van der Waals surface area contributed by atoms with Crippen LogP contribution >= 0.6 is 0 Å². The summed E-state index contributed by atoms with van der Waals surface area (Å²) < 4.78 is 24.3. The molecule has 0 radical (unpaired) electrons. The zero-order valence-corrected chi connectivity index (χ0v) is 9.30. The van der Waals surface area contributed by atoms with E-state index in [1.807, 2.05) is 13.8 Å². The largest absolute Gasteiger partial charge is 0.284 e. The van der Waals surface area contributed by atoms with Gasteiger partial charge in [-0.2, -0.15) is 0 Å². The Morgan fingerprint density at radius 3 is 2.57 bits per heavy atom. The van der Waals surface area contributed by atoms with Crippen LogP contribution in [0.5, 0.6) is 0 Å². The van der Waals surface area contributed by atoms with Gasteiger partial charge in [-0.15, -0.1) is 0 Å². The smallest absolute Gasteiger partial charge is 0.229 e. The number of sulfonamides is 1. The molecule has 0 bridgehead atoms. The van der Waals surface area contributed by atoms with Crippen molar-refractivity contribution < 1.29 is 8.42 Å². The van der Waals surface area contributed by atoms with Crippen LogP contribution in [0, 0.1) is 0 Å². The molecule has 0 saturated heterocycles. The fraction of sp³-hybridized carbons (Fsp3) is 0.444. The highest BCUT2D eigenvalue weighted by atomic mass is 32.2. The number of anilines is 1. The van der Waals surface area contributed by atoms with Crippen LogP contribution in [-0.2, 0) is 10.0 Å². The molecule has 0 fully saturated rings. The van der Waals surface area contributed by atoms with Gasteiger partial charge in [0, 0.05) is 11.9 Å². The maximum atomic E-state index is 11.0. The van der Waals surface area contributed by atoms with E-state index < -0.39 is 10.0 Å². The van der Waals surface area contributed by atoms with Gasteiger partial charge in [0.1, 0.15) is 0 Å². The average molecular weight is 214 g/mol. The van der Waals surface area contributed by atoms with E-state index in [9.17, 15) is 8.42 Å². The van der Waals surface area contributed by atoms with Crippen molar-refractivity contribution in [2.24, 2.45) is 0 Å². The summed E-state index contributed by atoms with van der Waals surface area (Å²) in [7, 11) is -3.20. The first-order valence-electron chi connectivity index (χ1n) is 4.32. The van der Waals surface area contributed by atoms with Crippen molar-refractivity contribution >= 4 is 15.7 Å². The van der Waals surface area contributed by atoms with E-state index in [0.29, 0.717) is 5.69 Å². The SMILES string of the molecule is CC(C)c1cc(NS(C)(=O)=O)ccn1. The maximum absolute atomic E-state index is 11.0. The Morgan fingerprint density at radius 2 is 2.07 bits per heavy atom. The van der Waals surface area contributed by atoms with E-state index in [4.69, 9.17) is 0 Å². The molecule has 0 saturated carbocycles. The monoisotopic (exact) mass is 214 g/mol. The van der Waals surface area contributed by atoms with E-state index >= 15 is 0 Å². The number of nitrogens with zero attached hydrogens (tertiary/aromatic N) is 1. The van der Waals surface area contributed by atoms with Crippen LogP contribution in [0.4, 0.5) is 5.69 Å². The number of hydrogen-bond donors (Lipinski definition) is 1. The molecule has 0 aliphatic heterocycles. The fourth-order valence-corrected chi connectivity index (χ4v) is 1.60. The van der Waals surface area contributed by atoms with Crippen LogP contribution in [0.2, 0.25) is 0 Å². The summed E-state index contributed by atoms with van der Waals surface area (Å²) in [4.78, 5) is 4.13. The topological polar surface area (TPSA) is 59.1 Å². The molecule has 0 aliphatic rings. The number of rotatable bonds is 3. The van der Waals surface area contributed by atoms with Gasteiger partial charge >= 0.3 is 0 Å². The number of aromatic nitrogens is 1. The molecular weight excluding hydrogens is 200 g/mol. The number of nitrogens with one attached hydrogen (secondary N) is 1. The van der Waals surface area contributed by atoms with E-state index in [1.165, 1.54) is 0 Å². The molecule has 1 aromatic heterocycles. The van der Waals surface area contributed by atoms with Crippen LogP contribution in [0.25, 0.3) is 0 Å². The Hall–Kier alpha value is -1.10. The second kappa shape index (κ2) is 3.96. The molecule has 0 aliphatic carbocycles. The number of hydrogen-bond acceptors (Lipinski definition) is 3. The predicted octanol–water partition coefficient (Wildman–Crippen LogP) is 1.58. The first kappa shape index (κ1) is 11.0. The normalized spacial score (nSPS) is 11.7. The van der Waals surface area contributed by atoms with Crippen molar-refractivity contribution in [1.29, 1.82) is 0 Å². The van der Waals surface area contributed by atoms with Gasteiger partial charge in [0.2, 0.25) is 10.0 Å². The zero-order chi connectivity index (χ0) is 10.8. The van der Waals surface area contributed by atoms with Crippen molar-refractivity contribution in [3.8, 4) is 0 Å². The molecule has 1 aromatic rings. The zero-order valence-electron chi connectivity index (χ0n) is 8.48. The molecule has 4 nitrogen and oxygen atoms in total. The lowest BCUT2D eigenvalue weighted by Crippen LogP contribution is -2.10. The van der Waals surface area contributed by atoms with E-state index in [0.717, 1.165) is 11.9 Å². The molecule has 1 heterocycles. The Labute approximate surface area is 84.4 Å². The van der Waals surface area contributed by atoms with Crippen molar-refractivity contribution in [3.05, 3.63) is 24.0 Å². The Balaban J connectivity index is 2.95. The third-order valence-corrected chi connectivity index (χ3v) is 2.28. The summed E-state index contributed by atoms with van der Waals surface area (Å²) >= 11 is 0. The second-order valence-electron chi connectivity index (χ2n) is 3.50. The minimum Gasteiger partial charge on any atom is -0.284 e. The lowest BCUT2D eigenvalue weighted by Gasteiger charge is -2.07. The summed E-state index contributed by atoms with van der Waals surface area (Å²) in [6, 6.07) is 3.37. The standard InChI is InChI=1S/C9H14N2O2S/c1-7(2)9-6-8(4-5-10-9)11-14(3,12)13/h4-7H,1-3H3,(H,10,11). The van der Waals surface area contributed by atoms with Crippen molar-refractivity contribution in [1.82, 2.24) is 4.98 Å². The summed E-state index contributed by atoms with van der Waals surface area (Å²) in [6.45, 7) is 4.01. The van der Waals surface area contributed by atoms with Gasteiger partial charge in [0.15, 0.2) is 0 Å². The maximum Gasteiger partial charge on any atom is 0.229 e. The molecule has 0 aromatic carbocycles. The highest BCUT2D eigenvalue weighted by Gasteiger charge is 2.05. The Kier molecular flexibility index (Phi) is 3.10. The molecule has 1 rings (SSSR count). The van der Waals surface area contributed by atoms with Crippen molar-refractivity contribution in [2.75, 3.05) is 11.0 Å². The van der Waals surface area contributed by atoms with Crippen LogP contribution in [-0.4, -0.2) is 19.7 Å². The minimum atomic E-state index is -3.20. The van der Waals surface area contributed by atoms with Gasteiger partial charge in [-0.1, -0.05) is 13.8 Å². The van der Waals surface area contributed by atoms with Crippen LogP contribution < -0.4 is 4.72 Å². The van der Waals surface area contributed by atoms with Crippen LogP contribution in [0.3, 0.4) is 0 Å².